The molecular weight excluding hydrogens is 272 g/mol. The number of nitrogens with one attached hydrogen (secondary N) is 2. The number of hydrogen-bond acceptors (Lipinski definition) is 5. The molecule has 0 radical (unpaired) electrons. The van der Waals surface area contributed by atoms with Crippen molar-refractivity contribution in [3.05, 3.63) is 22.7 Å². The van der Waals surface area contributed by atoms with Gasteiger partial charge in [0.05, 0.1) is 0 Å². The van der Waals surface area contributed by atoms with E-state index in [-0.39, 0.29) is 5.56 Å². The van der Waals surface area contributed by atoms with Crippen LogP contribution in [-0.4, -0.2) is 46.6 Å². The molecule has 0 bridgehead atoms. The third kappa shape index (κ3) is 3.35. The molecule has 5 nitrogen and oxygen atoms in total. The van der Waals surface area contributed by atoms with E-state index >= 15 is 0 Å². The number of H-pyrrole nitrogens is 1. The summed E-state index contributed by atoms with van der Waals surface area (Å²) in [6, 6.07) is 1.14. The van der Waals surface area contributed by atoms with Gasteiger partial charge >= 0.3 is 0 Å². The zero-order chi connectivity index (χ0) is 13.8. The Kier molecular flexibility index (Phi) is 4.62. The summed E-state index contributed by atoms with van der Waals surface area (Å²) in [6.45, 7) is 1.82. The lowest BCUT2D eigenvalue weighted by Gasteiger charge is -2.36. The lowest BCUT2D eigenvalue weighted by Crippen LogP contribution is -2.51. The summed E-state index contributed by atoms with van der Waals surface area (Å²) in [4.78, 5) is 20.9. The Labute approximate surface area is 123 Å². The molecule has 2 aliphatic rings. The van der Waals surface area contributed by atoms with Gasteiger partial charge in [-0.25, -0.2) is 4.98 Å². The predicted octanol–water partition coefficient (Wildman–Crippen LogP) is 1.22. The van der Waals surface area contributed by atoms with Crippen LogP contribution in [0.1, 0.15) is 25.7 Å². The molecule has 2 N–H and O–H groups in total. The van der Waals surface area contributed by atoms with Crippen LogP contribution in [0.3, 0.4) is 0 Å². The largest absolute Gasteiger partial charge is 0.350 e. The number of thioether (sulfide) groups is 1. The SMILES string of the molecule is O=c1[nH]ccnc1N1CCC[C@@H](NC2CCSCC2)C1. The second-order valence-corrected chi connectivity index (χ2v) is 6.81. The number of nitrogens with zero attached hydrogens (tertiary/aromatic N) is 2. The van der Waals surface area contributed by atoms with Crippen molar-refractivity contribution < 1.29 is 0 Å². The van der Waals surface area contributed by atoms with Crippen molar-refractivity contribution in [1.29, 1.82) is 0 Å². The van der Waals surface area contributed by atoms with Crippen molar-refractivity contribution >= 4 is 17.6 Å². The number of aromatic nitrogens is 2. The summed E-state index contributed by atoms with van der Waals surface area (Å²) >= 11 is 2.05. The number of anilines is 1. The molecule has 6 heteroatoms. The third-order valence-corrected chi connectivity index (χ3v) is 5.15. The zero-order valence-corrected chi connectivity index (χ0v) is 12.5. The maximum atomic E-state index is 11.8. The molecule has 1 aromatic rings. The summed E-state index contributed by atoms with van der Waals surface area (Å²) in [7, 11) is 0. The van der Waals surface area contributed by atoms with Gasteiger partial charge in [0.1, 0.15) is 0 Å². The summed E-state index contributed by atoms with van der Waals surface area (Å²) in [5, 5.41) is 3.78. The minimum Gasteiger partial charge on any atom is -0.350 e. The van der Waals surface area contributed by atoms with Gasteiger partial charge in [-0.05, 0) is 37.2 Å². The lowest BCUT2D eigenvalue weighted by molar-refractivity contribution is 0.359. The smallest absolute Gasteiger partial charge is 0.290 e. The Morgan fingerprint density at radius 3 is 2.95 bits per heavy atom. The minimum absolute atomic E-state index is 0.0813. The highest BCUT2D eigenvalue weighted by atomic mass is 32.2. The molecule has 0 amide bonds. The van der Waals surface area contributed by atoms with Gasteiger partial charge in [0, 0.05) is 37.6 Å². The fourth-order valence-corrected chi connectivity index (χ4v) is 4.18. The quantitative estimate of drug-likeness (QED) is 0.878. The molecule has 0 aromatic carbocycles. The highest BCUT2D eigenvalue weighted by Crippen LogP contribution is 2.20. The predicted molar refractivity (Wildman–Crippen MR) is 83.6 cm³/mol. The van der Waals surface area contributed by atoms with Crippen LogP contribution in [0.25, 0.3) is 0 Å². The molecule has 20 heavy (non-hydrogen) atoms. The van der Waals surface area contributed by atoms with Gasteiger partial charge < -0.3 is 15.2 Å². The fourth-order valence-electron chi connectivity index (χ4n) is 3.07. The molecule has 0 unspecified atom stereocenters. The average molecular weight is 294 g/mol. The standard InChI is InChI=1S/C14H22N4OS/c19-14-13(15-5-6-16-14)18-7-1-2-12(10-18)17-11-3-8-20-9-4-11/h5-6,11-12,17H,1-4,7-10H2,(H,16,19)/t12-/m1/s1. The van der Waals surface area contributed by atoms with Gasteiger partial charge in [-0.1, -0.05) is 0 Å². The molecule has 2 aliphatic heterocycles. The summed E-state index contributed by atoms with van der Waals surface area (Å²) in [6.07, 6.45) is 8.11. The summed E-state index contributed by atoms with van der Waals surface area (Å²) in [5.74, 6) is 3.11. The number of piperidine rings is 1. The van der Waals surface area contributed by atoms with Crippen LogP contribution in [0, 0.1) is 0 Å². The molecular formula is C14H22N4OS. The van der Waals surface area contributed by atoms with Crippen molar-refractivity contribution in [2.75, 3.05) is 29.5 Å². The van der Waals surface area contributed by atoms with Crippen LogP contribution < -0.4 is 15.8 Å². The van der Waals surface area contributed by atoms with E-state index in [9.17, 15) is 4.79 Å². The van der Waals surface area contributed by atoms with Crippen LogP contribution in [0.15, 0.2) is 17.2 Å². The van der Waals surface area contributed by atoms with Gasteiger partial charge in [0.2, 0.25) is 0 Å². The second-order valence-electron chi connectivity index (χ2n) is 5.58. The molecule has 1 atom stereocenters. The van der Waals surface area contributed by atoms with E-state index in [2.05, 4.69) is 31.9 Å². The molecule has 2 saturated heterocycles. The maximum absolute atomic E-state index is 11.8. The van der Waals surface area contributed by atoms with Gasteiger partial charge in [-0.3, -0.25) is 4.79 Å². The highest BCUT2D eigenvalue weighted by molar-refractivity contribution is 7.99. The van der Waals surface area contributed by atoms with Crippen LogP contribution in [0.4, 0.5) is 5.82 Å². The highest BCUT2D eigenvalue weighted by Gasteiger charge is 2.25. The van der Waals surface area contributed by atoms with Crippen molar-refractivity contribution in [3.8, 4) is 0 Å². The van der Waals surface area contributed by atoms with Crippen molar-refractivity contribution in [1.82, 2.24) is 15.3 Å². The third-order valence-electron chi connectivity index (χ3n) is 4.10. The monoisotopic (exact) mass is 294 g/mol. The van der Waals surface area contributed by atoms with E-state index in [0.29, 0.717) is 17.9 Å². The number of aromatic amines is 1. The van der Waals surface area contributed by atoms with Crippen molar-refractivity contribution in [3.63, 3.8) is 0 Å². The van der Waals surface area contributed by atoms with Crippen molar-refractivity contribution in [2.45, 2.75) is 37.8 Å². The average Bonchev–Trinajstić information content (AvgIpc) is 2.49. The Balaban J connectivity index is 1.61. The van der Waals surface area contributed by atoms with Gasteiger partial charge in [0.15, 0.2) is 5.82 Å². The van der Waals surface area contributed by atoms with Crippen LogP contribution in [0.2, 0.25) is 0 Å². The Hall–Kier alpha value is -1.01. The van der Waals surface area contributed by atoms with E-state index < -0.39 is 0 Å². The molecule has 0 spiro atoms. The van der Waals surface area contributed by atoms with Crippen LogP contribution in [0.5, 0.6) is 0 Å². The topological polar surface area (TPSA) is 61.0 Å². The first-order valence-corrected chi connectivity index (χ1v) is 8.61. The van der Waals surface area contributed by atoms with Crippen molar-refractivity contribution in [2.24, 2.45) is 0 Å². The van der Waals surface area contributed by atoms with E-state index in [1.807, 2.05) is 0 Å². The minimum atomic E-state index is -0.0813. The van der Waals surface area contributed by atoms with Crippen LogP contribution in [-0.2, 0) is 0 Å². The Morgan fingerprint density at radius 2 is 2.15 bits per heavy atom. The summed E-state index contributed by atoms with van der Waals surface area (Å²) in [5.41, 5.74) is -0.0813. The first-order valence-electron chi connectivity index (χ1n) is 7.45. The number of hydrogen-bond donors (Lipinski definition) is 2. The molecule has 110 valence electrons. The molecule has 2 fully saturated rings. The first-order chi connectivity index (χ1) is 9.83. The zero-order valence-electron chi connectivity index (χ0n) is 11.7. The summed E-state index contributed by atoms with van der Waals surface area (Å²) < 4.78 is 0. The molecule has 0 saturated carbocycles. The lowest BCUT2D eigenvalue weighted by atomic mass is 10.0. The second kappa shape index (κ2) is 6.63. The Bertz CT molecular complexity index is 486. The van der Waals surface area contributed by atoms with E-state index in [1.54, 1.807) is 12.4 Å². The van der Waals surface area contributed by atoms with Gasteiger partial charge in [-0.15, -0.1) is 0 Å². The Morgan fingerprint density at radius 1 is 1.30 bits per heavy atom. The maximum Gasteiger partial charge on any atom is 0.290 e. The van der Waals surface area contributed by atoms with E-state index in [0.717, 1.165) is 19.5 Å². The fraction of sp³-hybridized carbons (Fsp3) is 0.714. The van der Waals surface area contributed by atoms with E-state index in [4.69, 9.17) is 0 Å². The van der Waals surface area contributed by atoms with Gasteiger partial charge in [0.25, 0.3) is 5.56 Å². The molecule has 1 aromatic heterocycles. The molecule has 0 aliphatic carbocycles. The molecule has 3 heterocycles. The van der Waals surface area contributed by atoms with Crippen LogP contribution >= 0.6 is 11.8 Å². The van der Waals surface area contributed by atoms with E-state index in [1.165, 1.54) is 30.8 Å². The normalized spacial score (nSPS) is 24.8. The van der Waals surface area contributed by atoms with Gasteiger partial charge in [-0.2, -0.15) is 11.8 Å². The molecule has 3 rings (SSSR count). The first kappa shape index (κ1) is 13.9. The number of rotatable bonds is 3.